The van der Waals surface area contributed by atoms with Crippen molar-refractivity contribution < 1.29 is 4.73 Å². The van der Waals surface area contributed by atoms with Crippen LogP contribution in [0.4, 0.5) is 0 Å². The first-order valence-electron chi connectivity index (χ1n) is 3.87. The second-order valence-corrected chi connectivity index (χ2v) is 3.12. The SMILES string of the molecule is CC(C)Cc1cccc[n+]1[O-]. The Hall–Kier alpha value is -1.05. The Morgan fingerprint density at radius 1 is 1.45 bits per heavy atom. The minimum Gasteiger partial charge on any atom is -0.619 e. The first-order chi connectivity index (χ1) is 5.20. The molecular formula is C9H13NO. The van der Waals surface area contributed by atoms with Gasteiger partial charge in [0.05, 0.1) is 0 Å². The zero-order valence-electron chi connectivity index (χ0n) is 6.95. The monoisotopic (exact) mass is 151 g/mol. The molecule has 0 aliphatic carbocycles. The molecule has 2 nitrogen and oxygen atoms in total. The van der Waals surface area contributed by atoms with E-state index < -0.39 is 0 Å². The smallest absolute Gasteiger partial charge is 0.193 e. The van der Waals surface area contributed by atoms with Crippen molar-refractivity contribution in [3.05, 3.63) is 35.3 Å². The molecule has 0 aromatic carbocycles. The third kappa shape index (κ3) is 2.22. The predicted octanol–water partition coefficient (Wildman–Crippen LogP) is 1.52. The molecule has 0 N–H and O–H groups in total. The largest absolute Gasteiger partial charge is 0.619 e. The van der Waals surface area contributed by atoms with E-state index in [4.69, 9.17) is 0 Å². The number of hydrogen-bond donors (Lipinski definition) is 0. The molecule has 0 aliphatic heterocycles. The average molecular weight is 151 g/mol. The summed E-state index contributed by atoms with van der Waals surface area (Å²) in [7, 11) is 0. The van der Waals surface area contributed by atoms with Crippen LogP contribution in [0.25, 0.3) is 0 Å². The lowest BCUT2D eigenvalue weighted by Crippen LogP contribution is -2.31. The summed E-state index contributed by atoms with van der Waals surface area (Å²) >= 11 is 0. The lowest BCUT2D eigenvalue weighted by Gasteiger charge is -2.04. The van der Waals surface area contributed by atoms with E-state index in [9.17, 15) is 5.21 Å². The Balaban J connectivity index is 2.78. The van der Waals surface area contributed by atoms with Crippen LogP contribution < -0.4 is 4.73 Å². The van der Waals surface area contributed by atoms with Crippen molar-refractivity contribution in [3.8, 4) is 0 Å². The number of hydrogen-bond acceptors (Lipinski definition) is 1. The van der Waals surface area contributed by atoms with Gasteiger partial charge in [0.1, 0.15) is 0 Å². The topological polar surface area (TPSA) is 26.9 Å². The lowest BCUT2D eigenvalue weighted by atomic mass is 10.1. The zero-order chi connectivity index (χ0) is 8.27. The highest BCUT2D eigenvalue weighted by atomic mass is 16.5. The molecule has 0 saturated heterocycles. The van der Waals surface area contributed by atoms with Gasteiger partial charge in [-0.15, -0.1) is 0 Å². The van der Waals surface area contributed by atoms with Crippen molar-refractivity contribution in [2.24, 2.45) is 5.92 Å². The van der Waals surface area contributed by atoms with E-state index in [1.54, 1.807) is 6.07 Å². The van der Waals surface area contributed by atoms with E-state index in [1.807, 2.05) is 12.1 Å². The molecule has 0 spiro atoms. The van der Waals surface area contributed by atoms with E-state index in [1.165, 1.54) is 6.20 Å². The molecule has 1 aromatic heterocycles. The maximum Gasteiger partial charge on any atom is 0.193 e. The second kappa shape index (κ2) is 3.37. The summed E-state index contributed by atoms with van der Waals surface area (Å²) in [6.45, 7) is 4.21. The minimum absolute atomic E-state index is 0.539. The molecule has 2 heteroatoms. The van der Waals surface area contributed by atoms with Crippen molar-refractivity contribution in [1.29, 1.82) is 0 Å². The fourth-order valence-corrected chi connectivity index (χ4v) is 1.04. The van der Waals surface area contributed by atoms with Gasteiger partial charge in [-0.2, -0.15) is 4.73 Å². The summed E-state index contributed by atoms with van der Waals surface area (Å²) in [5.41, 5.74) is 0.850. The van der Waals surface area contributed by atoms with Crippen LogP contribution in [0.15, 0.2) is 24.4 Å². The van der Waals surface area contributed by atoms with Crippen LogP contribution in [0.5, 0.6) is 0 Å². The summed E-state index contributed by atoms with van der Waals surface area (Å²) in [6, 6.07) is 5.51. The first kappa shape index (κ1) is 8.05. The lowest BCUT2D eigenvalue weighted by molar-refractivity contribution is -0.614. The highest BCUT2D eigenvalue weighted by Crippen LogP contribution is 2.01. The van der Waals surface area contributed by atoms with Crippen molar-refractivity contribution >= 4 is 0 Å². The fraction of sp³-hybridized carbons (Fsp3) is 0.444. The molecule has 1 heterocycles. The zero-order valence-corrected chi connectivity index (χ0v) is 6.95. The molecule has 0 radical (unpaired) electrons. The third-order valence-electron chi connectivity index (χ3n) is 1.52. The Labute approximate surface area is 67.1 Å². The normalized spacial score (nSPS) is 10.5. The standard InChI is InChI=1S/C9H13NO/c1-8(2)7-9-5-3-4-6-10(9)11/h3-6,8H,7H2,1-2H3. The number of pyridine rings is 1. The molecule has 0 fully saturated rings. The van der Waals surface area contributed by atoms with Crippen LogP contribution in [0.1, 0.15) is 19.5 Å². The Bertz CT molecular complexity index is 233. The maximum atomic E-state index is 11.1. The van der Waals surface area contributed by atoms with Crippen molar-refractivity contribution in [3.63, 3.8) is 0 Å². The van der Waals surface area contributed by atoms with Crippen LogP contribution >= 0.6 is 0 Å². The van der Waals surface area contributed by atoms with Gasteiger partial charge in [-0.05, 0) is 5.92 Å². The summed E-state index contributed by atoms with van der Waals surface area (Å²) in [4.78, 5) is 0. The Kier molecular flexibility index (Phi) is 2.47. The minimum atomic E-state index is 0.539. The first-order valence-corrected chi connectivity index (χ1v) is 3.87. The van der Waals surface area contributed by atoms with Crippen molar-refractivity contribution in [1.82, 2.24) is 0 Å². The quantitative estimate of drug-likeness (QED) is 0.465. The number of aromatic nitrogens is 1. The van der Waals surface area contributed by atoms with E-state index in [-0.39, 0.29) is 0 Å². The summed E-state index contributed by atoms with van der Waals surface area (Å²) in [5.74, 6) is 0.539. The van der Waals surface area contributed by atoms with Gasteiger partial charge >= 0.3 is 0 Å². The van der Waals surface area contributed by atoms with Crippen LogP contribution in [-0.2, 0) is 6.42 Å². The molecule has 0 unspecified atom stereocenters. The number of nitrogens with zero attached hydrogens (tertiary/aromatic N) is 1. The second-order valence-electron chi connectivity index (χ2n) is 3.12. The molecule has 11 heavy (non-hydrogen) atoms. The molecule has 0 aliphatic rings. The van der Waals surface area contributed by atoms with E-state index in [0.717, 1.165) is 16.8 Å². The van der Waals surface area contributed by atoms with E-state index in [0.29, 0.717) is 5.92 Å². The molecule has 1 aromatic rings. The maximum absolute atomic E-state index is 11.1. The molecule has 0 saturated carbocycles. The van der Waals surface area contributed by atoms with Crippen molar-refractivity contribution in [2.75, 3.05) is 0 Å². The Morgan fingerprint density at radius 2 is 2.18 bits per heavy atom. The van der Waals surface area contributed by atoms with Gasteiger partial charge in [0.2, 0.25) is 0 Å². The van der Waals surface area contributed by atoms with Gasteiger partial charge in [-0.3, -0.25) is 0 Å². The molecule has 0 amide bonds. The highest BCUT2D eigenvalue weighted by molar-refractivity contribution is 4.98. The van der Waals surface area contributed by atoms with Gasteiger partial charge < -0.3 is 5.21 Å². The third-order valence-corrected chi connectivity index (χ3v) is 1.52. The molecule has 60 valence electrons. The summed E-state index contributed by atoms with van der Waals surface area (Å²) in [6.07, 6.45) is 2.39. The van der Waals surface area contributed by atoms with Crippen LogP contribution in [0.2, 0.25) is 0 Å². The molecular weight excluding hydrogens is 138 g/mol. The predicted molar refractivity (Wildman–Crippen MR) is 43.9 cm³/mol. The summed E-state index contributed by atoms with van der Waals surface area (Å²) in [5, 5.41) is 11.1. The van der Waals surface area contributed by atoms with Crippen LogP contribution in [0.3, 0.4) is 0 Å². The fourth-order valence-electron chi connectivity index (χ4n) is 1.04. The van der Waals surface area contributed by atoms with Crippen molar-refractivity contribution in [2.45, 2.75) is 20.3 Å². The van der Waals surface area contributed by atoms with Crippen LogP contribution in [0, 0.1) is 11.1 Å². The molecule has 0 atom stereocenters. The van der Waals surface area contributed by atoms with E-state index >= 15 is 0 Å². The number of rotatable bonds is 2. The van der Waals surface area contributed by atoms with Gasteiger partial charge in [0, 0.05) is 18.6 Å². The van der Waals surface area contributed by atoms with Crippen LogP contribution in [-0.4, -0.2) is 0 Å². The molecule has 0 bridgehead atoms. The van der Waals surface area contributed by atoms with Gasteiger partial charge in [0.25, 0.3) is 0 Å². The van der Waals surface area contributed by atoms with E-state index in [2.05, 4.69) is 13.8 Å². The van der Waals surface area contributed by atoms with Gasteiger partial charge in [0.15, 0.2) is 11.9 Å². The highest BCUT2D eigenvalue weighted by Gasteiger charge is 2.04. The molecule has 1 rings (SSSR count). The Morgan fingerprint density at radius 3 is 2.73 bits per heavy atom. The average Bonchev–Trinajstić information content (AvgIpc) is 1.93. The van der Waals surface area contributed by atoms with Gasteiger partial charge in [-0.1, -0.05) is 19.9 Å². The summed E-state index contributed by atoms with van der Waals surface area (Å²) < 4.78 is 0.931. The van der Waals surface area contributed by atoms with Gasteiger partial charge in [-0.25, -0.2) is 0 Å².